The van der Waals surface area contributed by atoms with E-state index in [1.54, 1.807) is 22.7 Å². The minimum absolute atomic E-state index is 0.0463. The van der Waals surface area contributed by atoms with Crippen LogP contribution < -0.4 is 22.6 Å². The first-order valence-corrected chi connectivity index (χ1v) is 9.74. The number of carbonyl (C=O) groups is 2. The Bertz CT molecular complexity index is 884. The van der Waals surface area contributed by atoms with Crippen LogP contribution >= 0.6 is 0 Å². The molecule has 1 atom stereocenters. The number of fused-ring (bicyclic) bond motifs is 1. The molecule has 0 bridgehead atoms. The standard InChI is InChI=1S/C10H11N3O2.C10H19NO2.H4N2/c1-13-9-3-2-7(5-11-6-14)4-8(9)10(15)12-13;1-10(2,3)6-9(13)11-5-4-8(12)7-11;1-2/h2-4,6H,5H2,1H3,(H,11,14)(H,12,15);8,12H,4-7H2,1-3H3;1-2H2. The second-order valence-corrected chi connectivity index (χ2v) is 8.37. The zero-order valence-corrected chi connectivity index (χ0v) is 18.1. The fraction of sp³-hybridized carbons (Fsp3) is 0.550. The quantitative estimate of drug-likeness (QED) is 0.264. The number of carbonyl (C=O) groups excluding carboxylic acids is 2. The first-order valence-electron chi connectivity index (χ1n) is 9.74. The van der Waals surface area contributed by atoms with Crippen LogP contribution in [-0.2, 0) is 23.2 Å². The van der Waals surface area contributed by atoms with E-state index in [1.807, 2.05) is 12.1 Å². The second kappa shape index (κ2) is 11.5. The number of amides is 2. The van der Waals surface area contributed by atoms with Crippen molar-refractivity contribution in [3.63, 3.8) is 0 Å². The maximum atomic E-state index is 11.6. The van der Waals surface area contributed by atoms with Crippen LogP contribution in [0.4, 0.5) is 0 Å². The molecule has 0 spiro atoms. The summed E-state index contributed by atoms with van der Waals surface area (Å²) >= 11 is 0. The summed E-state index contributed by atoms with van der Waals surface area (Å²) in [4.78, 5) is 35.0. The Morgan fingerprint density at radius 3 is 2.57 bits per heavy atom. The Morgan fingerprint density at radius 2 is 2.03 bits per heavy atom. The molecule has 3 rings (SSSR count). The third-order valence-corrected chi connectivity index (χ3v) is 4.52. The fourth-order valence-electron chi connectivity index (χ4n) is 3.13. The highest BCUT2D eigenvalue weighted by Crippen LogP contribution is 2.21. The van der Waals surface area contributed by atoms with Gasteiger partial charge in [0, 0.05) is 33.1 Å². The molecule has 0 saturated carbocycles. The molecule has 0 aliphatic carbocycles. The molecule has 1 aliphatic heterocycles. The molecule has 7 N–H and O–H groups in total. The van der Waals surface area contributed by atoms with E-state index in [0.29, 0.717) is 31.3 Å². The number of H-pyrrole nitrogens is 1. The van der Waals surface area contributed by atoms with Crippen molar-refractivity contribution in [1.82, 2.24) is 20.0 Å². The van der Waals surface area contributed by atoms with Gasteiger partial charge < -0.3 is 15.3 Å². The molecule has 2 amide bonds. The van der Waals surface area contributed by atoms with Gasteiger partial charge in [-0.3, -0.25) is 35.8 Å². The molecular formula is C20H34N6O4. The summed E-state index contributed by atoms with van der Waals surface area (Å²) in [6, 6.07) is 5.52. The molecule has 2 aromatic rings. The summed E-state index contributed by atoms with van der Waals surface area (Å²) in [5.74, 6) is 8.17. The van der Waals surface area contributed by atoms with Crippen molar-refractivity contribution in [1.29, 1.82) is 0 Å². The lowest BCUT2D eigenvalue weighted by atomic mass is 9.92. The van der Waals surface area contributed by atoms with Crippen LogP contribution in [0.2, 0.25) is 0 Å². The summed E-state index contributed by atoms with van der Waals surface area (Å²) in [7, 11) is 1.78. The van der Waals surface area contributed by atoms with Gasteiger partial charge in [-0.05, 0) is 29.5 Å². The predicted molar refractivity (Wildman–Crippen MR) is 116 cm³/mol. The summed E-state index contributed by atoms with van der Waals surface area (Å²) < 4.78 is 1.68. The topological polar surface area (TPSA) is 159 Å². The maximum absolute atomic E-state index is 11.6. The number of benzene rings is 1. The van der Waals surface area contributed by atoms with Gasteiger partial charge in [0.25, 0.3) is 5.56 Å². The predicted octanol–water partition coefficient (Wildman–Crippen LogP) is -0.0528. The first-order chi connectivity index (χ1) is 14.1. The number of nitrogens with zero attached hydrogens (tertiary/aromatic N) is 2. The summed E-state index contributed by atoms with van der Waals surface area (Å²) in [6.07, 6.45) is 1.64. The highest BCUT2D eigenvalue weighted by Gasteiger charge is 2.27. The number of aliphatic hydroxyl groups is 1. The Kier molecular flexibility index (Phi) is 9.70. The highest BCUT2D eigenvalue weighted by molar-refractivity contribution is 5.79. The number of nitrogens with one attached hydrogen (secondary N) is 2. The Morgan fingerprint density at radius 1 is 1.37 bits per heavy atom. The molecule has 168 valence electrons. The third kappa shape index (κ3) is 7.62. The van der Waals surface area contributed by atoms with Crippen LogP contribution in [0, 0.1) is 5.41 Å². The lowest BCUT2D eigenvalue weighted by molar-refractivity contribution is -0.132. The van der Waals surface area contributed by atoms with E-state index >= 15 is 0 Å². The molecule has 1 aromatic heterocycles. The fourth-order valence-corrected chi connectivity index (χ4v) is 3.13. The normalized spacial score (nSPS) is 15.7. The number of hydrogen-bond acceptors (Lipinski definition) is 6. The number of β-amino-alcohol motifs (C(OH)–C–C–N with tert-alkyl or cyclic N) is 1. The lowest BCUT2D eigenvalue weighted by Crippen LogP contribution is -2.32. The van der Waals surface area contributed by atoms with Crippen molar-refractivity contribution in [2.24, 2.45) is 24.1 Å². The zero-order chi connectivity index (χ0) is 22.9. The molecule has 10 heteroatoms. The molecule has 1 saturated heterocycles. The van der Waals surface area contributed by atoms with Crippen molar-refractivity contribution < 1.29 is 14.7 Å². The van der Waals surface area contributed by atoms with Crippen LogP contribution in [0.15, 0.2) is 23.0 Å². The van der Waals surface area contributed by atoms with Gasteiger partial charge in [-0.25, -0.2) is 0 Å². The summed E-state index contributed by atoms with van der Waals surface area (Å²) in [5, 5.41) is 15.1. The van der Waals surface area contributed by atoms with Gasteiger partial charge >= 0.3 is 0 Å². The smallest absolute Gasteiger partial charge is 0.271 e. The molecule has 1 unspecified atom stereocenters. The number of hydrazine groups is 1. The minimum Gasteiger partial charge on any atom is -0.391 e. The SMILES string of the molecule is CC(C)(C)CC(=O)N1CCC(O)C1.Cn1[nH]c(=O)c2cc(CNC=O)ccc21.NN. The lowest BCUT2D eigenvalue weighted by Gasteiger charge is -2.22. The molecule has 1 aliphatic rings. The largest absolute Gasteiger partial charge is 0.391 e. The molecule has 10 nitrogen and oxygen atoms in total. The van der Waals surface area contributed by atoms with Crippen LogP contribution in [0.3, 0.4) is 0 Å². The van der Waals surface area contributed by atoms with Crippen molar-refractivity contribution in [2.45, 2.75) is 46.3 Å². The monoisotopic (exact) mass is 422 g/mol. The second-order valence-electron chi connectivity index (χ2n) is 8.37. The zero-order valence-electron chi connectivity index (χ0n) is 18.1. The van der Waals surface area contributed by atoms with Gasteiger partial charge in [0.1, 0.15) is 0 Å². The maximum Gasteiger partial charge on any atom is 0.271 e. The highest BCUT2D eigenvalue weighted by atomic mass is 16.3. The number of aryl methyl sites for hydroxylation is 1. The van der Waals surface area contributed by atoms with Gasteiger partial charge in [0.2, 0.25) is 12.3 Å². The number of rotatable bonds is 4. The number of aliphatic hydroxyl groups excluding tert-OH is 1. The molecular weight excluding hydrogens is 388 g/mol. The van der Waals surface area contributed by atoms with Gasteiger partial charge in [0.15, 0.2) is 0 Å². The van der Waals surface area contributed by atoms with E-state index in [4.69, 9.17) is 0 Å². The minimum atomic E-state index is -0.302. The summed E-state index contributed by atoms with van der Waals surface area (Å²) in [5.41, 5.74) is 1.70. The van der Waals surface area contributed by atoms with E-state index in [9.17, 15) is 19.5 Å². The van der Waals surface area contributed by atoms with E-state index in [2.05, 4.69) is 42.9 Å². The number of nitrogens with two attached hydrogens (primary N) is 2. The van der Waals surface area contributed by atoms with Crippen molar-refractivity contribution in [2.75, 3.05) is 13.1 Å². The van der Waals surface area contributed by atoms with Crippen molar-refractivity contribution >= 4 is 23.2 Å². The summed E-state index contributed by atoms with van der Waals surface area (Å²) in [6.45, 7) is 7.84. The van der Waals surface area contributed by atoms with Gasteiger partial charge in [-0.1, -0.05) is 26.8 Å². The Balaban J connectivity index is 0.000000280. The van der Waals surface area contributed by atoms with Crippen LogP contribution in [0.25, 0.3) is 10.9 Å². The Labute approximate surface area is 176 Å². The van der Waals surface area contributed by atoms with Gasteiger partial charge in [-0.15, -0.1) is 0 Å². The number of aromatic amines is 1. The van der Waals surface area contributed by atoms with Crippen LogP contribution in [0.1, 0.15) is 39.2 Å². The van der Waals surface area contributed by atoms with E-state index < -0.39 is 0 Å². The van der Waals surface area contributed by atoms with Crippen molar-refractivity contribution in [3.05, 3.63) is 34.1 Å². The molecule has 1 aromatic carbocycles. The molecule has 2 heterocycles. The first kappa shape index (κ1) is 25.3. The third-order valence-electron chi connectivity index (χ3n) is 4.52. The Hall–Kier alpha value is -2.69. The molecule has 1 fully saturated rings. The van der Waals surface area contributed by atoms with E-state index in [0.717, 1.165) is 24.0 Å². The van der Waals surface area contributed by atoms with Crippen LogP contribution in [0.5, 0.6) is 0 Å². The van der Waals surface area contributed by atoms with Crippen LogP contribution in [-0.4, -0.2) is 51.3 Å². The van der Waals surface area contributed by atoms with Gasteiger partial charge in [0.05, 0.1) is 17.0 Å². The number of likely N-dealkylation sites (tertiary alicyclic amines) is 1. The number of aromatic nitrogens is 2. The van der Waals surface area contributed by atoms with E-state index in [-0.39, 0.29) is 23.0 Å². The average Bonchev–Trinajstić information content (AvgIpc) is 3.24. The molecule has 0 radical (unpaired) electrons. The van der Waals surface area contributed by atoms with Crippen molar-refractivity contribution in [3.8, 4) is 0 Å². The number of hydrogen-bond donors (Lipinski definition) is 5. The van der Waals surface area contributed by atoms with E-state index in [1.165, 1.54) is 0 Å². The van der Waals surface area contributed by atoms with Gasteiger partial charge in [-0.2, -0.15) is 0 Å². The molecule has 30 heavy (non-hydrogen) atoms. The average molecular weight is 423 g/mol.